The third-order valence-electron chi connectivity index (χ3n) is 2.75. The summed E-state index contributed by atoms with van der Waals surface area (Å²) in [6.45, 7) is 1.02. The van der Waals surface area contributed by atoms with Crippen LogP contribution in [-0.4, -0.2) is 21.2 Å². The fraction of sp³-hybridized carbons (Fsp3) is 0.455. The van der Waals surface area contributed by atoms with Gasteiger partial charge in [0.1, 0.15) is 0 Å². The first-order valence-electron chi connectivity index (χ1n) is 5.11. The molecule has 0 saturated carbocycles. The lowest BCUT2D eigenvalue weighted by molar-refractivity contribution is 0.600. The van der Waals surface area contributed by atoms with Crippen LogP contribution in [0.25, 0.3) is 0 Å². The average molecular weight is 225 g/mol. The zero-order valence-corrected chi connectivity index (χ0v) is 9.55. The molecule has 4 heteroatoms. The molecule has 0 radical (unpaired) electrons. The van der Waals surface area contributed by atoms with Crippen LogP contribution >= 0.6 is 0 Å². The second kappa shape index (κ2) is 3.94. The number of hydrogen-bond donors (Lipinski definition) is 1. The van der Waals surface area contributed by atoms with E-state index in [9.17, 15) is 8.42 Å². The summed E-state index contributed by atoms with van der Waals surface area (Å²) in [5.74, 6) is 0. The van der Waals surface area contributed by atoms with Gasteiger partial charge in [0.2, 0.25) is 0 Å². The van der Waals surface area contributed by atoms with Crippen LogP contribution in [0.4, 0.5) is 0 Å². The van der Waals surface area contributed by atoms with Gasteiger partial charge in [-0.25, -0.2) is 8.42 Å². The van der Waals surface area contributed by atoms with Gasteiger partial charge in [-0.15, -0.1) is 0 Å². The standard InChI is InChI=1S/C11H15NO2S/c1-15(13,14)10-5-2-4-9(8-10)11-6-3-7-12-11/h2,4-5,8,11-12H,3,6-7H2,1H3/t11-/m1/s1. The van der Waals surface area contributed by atoms with Crippen molar-refractivity contribution >= 4 is 9.84 Å². The fourth-order valence-electron chi connectivity index (χ4n) is 1.93. The molecule has 1 aliphatic rings. The van der Waals surface area contributed by atoms with E-state index in [2.05, 4.69) is 5.32 Å². The predicted molar refractivity (Wildman–Crippen MR) is 59.5 cm³/mol. The molecule has 1 fully saturated rings. The first-order chi connectivity index (χ1) is 7.07. The molecule has 15 heavy (non-hydrogen) atoms. The Kier molecular flexibility index (Phi) is 2.80. The maximum absolute atomic E-state index is 11.4. The van der Waals surface area contributed by atoms with Gasteiger partial charge in [0.25, 0.3) is 0 Å². The maximum Gasteiger partial charge on any atom is 0.175 e. The highest BCUT2D eigenvalue weighted by Gasteiger charge is 2.17. The van der Waals surface area contributed by atoms with Gasteiger partial charge >= 0.3 is 0 Å². The molecule has 1 atom stereocenters. The molecule has 0 aliphatic carbocycles. The minimum Gasteiger partial charge on any atom is -0.310 e. The molecule has 2 rings (SSSR count). The van der Waals surface area contributed by atoms with E-state index < -0.39 is 9.84 Å². The van der Waals surface area contributed by atoms with Gasteiger partial charge in [0, 0.05) is 12.3 Å². The number of hydrogen-bond acceptors (Lipinski definition) is 3. The number of nitrogens with one attached hydrogen (secondary N) is 1. The summed E-state index contributed by atoms with van der Waals surface area (Å²) in [7, 11) is -3.08. The largest absolute Gasteiger partial charge is 0.310 e. The van der Waals surface area contributed by atoms with Crippen LogP contribution in [0, 0.1) is 0 Å². The zero-order chi connectivity index (χ0) is 10.9. The molecule has 0 unspecified atom stereocenters. The second-order valence-electron chi connectivity index (χ2n) is 3.99. The van der Waals surface area contributed by atoms with E-state index in [1.807, 2.05) is 12.1 Å². The summed E-state index contributed by atoms with van der Waals surface area (Å²) in [5.41, 5.74) is 1.08. The number of sulfone groups is 1. The van der Waals surface area contributed by atoms with Crippen molar-refractivity contribution in [3.05, 3.63) is 29.8 Å². The molecule has 82 valence electrons. The Bertz CT molecular complexity index is 447. The molecule has 1 saturated heterocycles. The van der Waals surface area contributed by atoms with Crippen molar-refractivity contribution in [2.45, 2.75) is 23.8 Å². The van der Waals surface area contributed by atoms with Crippen LogP contribution in [0.2, 0.25) is 0 Å². The van der Waals surface area contributed by atoms with Crippen LogP contribution in [0.15, 0.2) is 29.2 Å². The summed E-state index contributed by atoms with van der Waals surface area (Å²) in [6.07, 6.45) is 3.50. The lowest BCUT2D eigenvalue weighted by Gasteiger charge is -2.11. The first kappa shape index (κ1) is 10.6. The minimum atomic E-state index is -3.08. The van der Waals surface area contributed by atoms with E-state index in [4.69, 9.17) is 0 Å². The molecule has 3 nitrogen and oxygen atoms in total. The van der Waals surface area contributed by atoms with Crippen LogP contribution in [0.1, 0.15) is 24.4 Å². The Balaban J connectivity index is 2.34. The Morgan fingerprint density at radius 3 is 2.80 bits per heavy atom. The lowest BCUT2D eigenvalue weighted by atomic mass is 10.1. The highest BCUT2D eigenvalue weighted by Crippen LogP contribution is 2.24. The first-order valence-corrected chi connectivity index (χ1v) is 7.00. The topological polar surface area (TPSA) is 46.2 Å². The fourth-order valence-corrected chi connectivity index (χ4v) is 2.61. The van der Waals surface area contributed by atoms with Gasteiger partial charge in [0.15, 0.2) is 9.84 Å². The van der Waals surface area contributed by atoms with Gasteiger partial charge in [-0.1, -0.05) is 12.1 Å². The van der Waals surface area contributed by atoms with Crippen LogP contribution in [-0.2, 0) is 9.84 Å². The Labute approximate surface area is 90.4 Å². The van der Waals surface area contributed by atoms with Crippen molar-refractivity contribution in [1.29, 1.82) is 0 Å². The van der Waals surface area contributed by atoms with E-state index in [0.717, 1.165) is 24.9 Å². The van der Waals surface area contributed by atoms with Crippen molar-refractivity contribution in [2.75, 3.05) is 12.8 Å². The van der Waals surface area contributed by atoms with Gasteiger partial charge < -0.3 is 5.32 Å². The van der Waals surface area contributed by atoms with E-state index in [1.165, 1.54) is 6.26 Å². The third-order valence-corrected chi connectivity index (χ3v) is 3.86. The summed E-state index contributed by atoms with van der Waals surface area (Å²) in [5, 5.41) is 3.36. The van der Waals surface area contributed by atoms with Crippen molar-refractivity contribution in [3.8, 4) is 0 Å². The smallest absolute Gasteiger partial charge is 0.175 e. The van der Waals surface area contributed by atoms with E-state index in [1.54, 1.807) is 12.1 Å². The number of rotatable bonds is 2. The van der Waals surface area contributed by atoms with Crippen LogP contribution in [0.3, 0.4) is 0 Å². The van der Waals surface area contributed by atoms with Crippen molar-refractivity contribution in [2.24, 2.45) is 0 Å². The molecule has 0 bridgehead atoms. The normalized spacial score (nSPS) is 21.8. The van der Waals surface area contributed by atoms with Crippen LogP contribution in [0.5, 0.6) is 0 Å². The molecule has 1 aromatic carbocycles. The molecule has 1 aromatic rings. The van der Waals surface area contributed by atoms with Crippen molar-refractivity contribution < 1.29 is 8.42 Å². The quantitative estimate of drug-likeness (QED) is 0.830. The number of benzene rings is 1. The summed E-state index contributed by atoms with van der Waals surface area (Å²) < 4.78 is 22.8. The summed E-state index contributed by atoms with van der Waals surface area (Å²) in [6, 6.07) is 7.54. The Morgan fingerprint density at radius 2 is 2.20 bits per heavy atom. The van der Waals surface area contributed by atoms with Gasteiger partial charge in [-0.05, 0) is 37.1 Å². The highest BCUT2D eigenvalue weighted by molar-refractivity contribution is 7.90. The third kappa shape index (κ3) is 2.38. The monoisotopic (exact) mass is 225 g/mol. The predicted octanol–water partition coefficient (Wildman–Crippen LogP) is 1.51. The molecule has 1 N–H and O–H groups in total. The highest BCUT2D eigenvalue weighted by atomic mass is 32.2. The van der Waals surface area contributed by atoms with Crippen molar-refractivity contribution in [3.63, 3.8) is 0 Å². The molecule has 0 spiro atoms. The second-order valence-corrected chi connectivity index (χ2v) is 6.01. The van der Waals surface area contributed by atoms with Crippen LogP contribution < -0.4 is 5.32 Å². The zero-order valence-electron chi connectivity index (χ0n) is 8.73. The maximum atomic E-state index is 11.4. The Morgan fingerprint density at radius 1 is 1.40 bits per heavy atom. The Hall–Kier alpha value is -0.870. The molecule has 0 amide bonds. The molecule has 1 heterocycles. The average Bonchev–Trinajstić information content (AvgIpc) is 2.69. The van der Waals surface area contributed by atoms with E-state index >= 15 is 0 Å². The summed E-state index contributed by atoms with van der Waals surface area (Å²) in [4.78, 5) is 0.411. The minimum absolute atomic E-state index is 0.326. The van der Waals surface area contributed by atoms with E-state index in [0.29, 0.717) is 10.9 Å². The lowest BCUT2D eigenvalue weighted by Crippen LogP contribution is -2.13. The van der Waals surface area contributed by atoms with Gasteiger partial charge in [0.05, 0.1) is 4.90 Å². The SMILES string of the molecule is CS(=O)(=O)c1cccc([C@H]2CCCN2)c1. The van der Waals surface area contributed by atoms with Gasteiger partial charge in [-0.3, -0.25) is 0 Å². The molecular weight excluding hydrogens is 210 g/mol. The van der Waals surface area contributed by atoms with Gasteiger partial charge in [-0.2, -0.15) is 0 Å². The van der Waals surface area contributed by atoms with E-state index in [-0.39, 0.29) is 0 Å². The molecule has 1 aliphatic heterocycles. The van der Waals surface area contributed by atoms with Crippen molar-refractivity contribution in [1.82, 2.24) is 5.32 Å². The molecule has 0 aromatic heterocycles. The molecular formula is C11H15NO2S. The summed E-state index contributed by atoms with van der Waals surface area (Å²) >= 11 is 0.